The van der Waals surface area contributed by atoms with Gasteiger partial charge in [-0.1, -0.05) is 6.07 Å². The summed E-state index contributed by atoms with van der Waals surface area (Å²) in [6.07, 6.45) is 0. The van der Waals surface area contributed by atoms with Crippen LogP contribution >= 0.6 is 0 Å². The van der Waals surface area contributed by atoms with Gasteiger partial charge in [0.15, 0.2) is 0 Å². The van der Waals surface area contributed by atoms with Crippen LogP contribution in [0, 0.1) is 0 Å². The summed E-state index contributed by atoms with van der Waals surface area (Å²) in [6, 6.07) is 13.1. The summed E-state index contributed by atoms with van der Waals surface area (Å²) in [5.74, 6) is 0.323. The Morgan fingerprint density at radius 2 is 1.70 bits per heavy atom. The van der Waals surface area contributed by atoms with Crippen LogP contribution in [-0.4, -0.2) is 63.9 Å². The maximum absolute atomic E-state index is 12.9. The highest BCUT2D eigenvalue weighted by molar-refractivity contribution is 7.89. The van der Waals surface area contributed by atoms with E-state index in [0.29, 0.717) is 43.2 Å². The SMILES string of the molecule is COc1ccc(NC(=O)c2cccc(S(=O)(=O)N3CCN(C)CC3)c2)cc1. The normalized spacial score (nSPS) is 16.1. The summed E-state index contributed by atoms with van der Waals surface area (Å²) in [4.78, 5) is 14.7. The van der Waals surface area contributed by atoms with E-state index in [1.165, 1.54) is 16.4 Å². The predicted molar refractivity (Wildman–Crippen MR) is 104 cm³/mol. The average Bonchev–Trinajstić information content (AvgIpc) is 2.69. The molecular weight excluding hydrogens is 366 g/mol. The van der Waals surface area contributed by atoms with E-state index in [9.17, 15) is 13.2 Å². The molecule has 1 N–H and O–H groups in total. The molecule has 0 saturated carbocycles. The van der Waals surface area contributed by atoms with Crippen molar-refractivity contribution in [2.45, 2.75) is 4.90 Å². The number of anilines is 1. The molecule has 0 spiro atoms. The monoisotopic (exact) mass is 389 g/mol. The number of hydrogen-bond donors (Lipinski definition) is 1. The molecule has 3 rings (SSSR count). The lowest BCUT2D eigenvalue weighted by atomic mass is 10.2. The second-order valence-corrected chi connectivity index (χ2v) is 8.36. The van der Waals surface area contributed by atoms with Crippen LogP contribution in [-0.2, 0) is 10.0 Å². The van der Waals surface area contributed by atoms with Crippen LogP contribution in [0.25, 0.3) is 0 Å². The standard InChI is InChI=1S/C19H23N3O4S/c1-21-10-12-22(13-11-21)27(24,25)18-5-3-4-15(14-18)19(23)20-16-6-8-17(26-2)9-7-16/h3-9,14H,10-13H2,1-2H3,(H,20,23). The van der Waals surface area contributed by atoms with Crippen molar-refractivity contribution in [3.05, 3.63) is 54.1 Å². The first-order chi connectivity index (χ1) is 12.9. The van der Waals surface area contributed by atoms with Gasteiger partial charge in [-0.2, -0.15) is 4.31 Å². The fraction of sp³-hybridized carbons (Fsp3) is 0.316. The number of carbonyl (C=O) groups is 1. The highest BCUT2D eigenvalue weighted by Crippen LogP contribution is 2.20. The summed E-state index contributed by atoms with van der Waals surface area (Å²) < 4.78 is 32.3. The maximum Gasteiger partial charge on any atom is 0.255 e. The summed E-state index contributed by atoms with van der Waals surface area (Å²) in [6.45, 7) is 2.27. The smallest absolute Gasteiger partial charge is 0.255 e. The third kappa shape index (κ3) is 4.47. The minimum absolute atomic E-state index is 0.134. The van der Waals surface area contributed by atoms with Gasteiger partial charge in [-0.05, 0) is 49.5 Å². The zero-order valence-corrected chi connectivity index (χ0v) is 16.2. The quantitative estimate of drug-likeness (QED) is 0.845. The van der Waals surface area contributed by atoms with Crippen LogP contribution in [0.3, 0.4) is 0 Å². The molecule has 2 aromatic carbocycles. The number of nitrogens with zero attached hydrogens (tertiary/aromatic N) is 2. The van der Waals surface area contributed by atoms with Gasteiger partial charge < -0.3 is 15.0 Å². The van der Waals surface area contributed by atoms with E-state index in [-0.39, 0.29) is 10.8 Å². The molecule has 2 aromatic rings. The van der Waals surface area contributed by atoms with Crippen molar-refractivity contribution in [1.82, 2.24) is 9.21 Å². The lowest BCUT2D eigenvalue weighted by Gasteiger charge is -2.31. The average molecular weight is 389 g/mol. The Balaban J connectivity index is 1.76. The number of rotatable bonds is 5. The number of nitrogens with one attached hydrogen (secondary N) is 1. The summed E-state index contributed by atoms with van der Waals surface area (Å²) >= 11 is 0. The molecule has 0 unspecified atom stereocenters. The Morgan fingerprint density at radius 3 is 2.33 bits per heavy atom. The van der Waals surface area contributed by atoms with Gasteiger partial charge in [0.25, 0.3) is 5.91 Å². The molecule has 1 heterocycles. The molecule has 0 aliphatic carbocycles. The summed E-state index contributed by atoms with van der Waals surface area (Å²) in [5.41, 5.74) is 0.897. The van der Waals surface area contributed by atoms with Crippen LogP contribution in [0.1, 0.15) is 10.4 Å². The Morgan fingerprint density at radius 1 is 1.04 bits per heavy atom. The van der Waals surface area contributed by atoms with Crippen molar-refractivity contribution in [3.8, 4) is 5.75 Å². The van der Waals surface area contributed by atoms with E-state index < -0.39 is 10.0 Å². The van der Waals surface area contributed by atoms with E-state index in [4.69, 9.17) is 4.74 Å². The van der Waals surface area contributed by atoms with Gasteiger partial charge in [-0.25, -0.2) is 8.42 Å². The highest BCUT2D eigenvalue weighted by Gasteiger charge is 2.27. The minimum Gasteiger partial charge on any atom is -0.497 e. The highest BCUT2D eigenvalue weighted by atomic mass is 32.2. The largest absolute Gasteiger partial charge is 0.497 e. The molecule has 144 valence electrons. The Hall–Kier alpha value is -2.42. The number of benzene rings is 2. The lowest BCUT2D eigenvalue weighted by molar-refractivity contribution is 0.102. The van der Waals surface area contributed by atoms with E-state index in [1.807, 2.05) is 7.05 Å². The third-order valence-electron chi connectivity index (χ3n) is 4.54. The van der Waals surface area contributed by atoms with Gasteiger partial charge in [0, 0.05) is 37.4 Å². The van der Waals surface area contributed by atoms with Crippen molar-refractivity contribution < 1.29 is 17.9 Å². The molecule has 0 bridgehead atoms. The number of hydrogen-bond acceptors (Lipinski definition) is 5. The Bertz CT molecular complexity index is 905. The zero-order valence-electron chi connectivity index (χ0n) is 15.4. The van der Waals surface area contributed by atoms with Crippen molar-refractivity contribution in [3.63, 3.8) is 0 Å². The van der Waals surface area contributed by atoms with Gasteiger partial charge in [0.1, 0.15) is 5.75 Å². The number of likely N-dealkylation sites (N-methyl/N-ethyl adjacent to an activating group) is 1. The zero-order chi connectivity index (χ0) is 19.4. The van der Waals surface area contributed by atoms with E-state index in [0.717, 1.165) is 0 Å². The van der Waals surface area contributed by atoms with Gasteiger partial charge in [0.05, 0.1) is 12.0 Å². The van der Waals surface area contributed by atoms with Gasteiger partial charge in [0.2, 0.25) is 10.0 Å². The molecule has 1 aliphatic rings. The Kier molecular flexibility index (Phi) is 5.79. The molecule has 1 fully saturated rings. The van der Waals surface area contributed by atoms with Crippen molar-refractivity contribution >= 4 is 21.6 Å². The van der Waals surface area contributed by atoms with Crippen LogP contribution in [0.2, 0.25) is 0 Å². The fourth-order valence-electron chi connectivity index (χ4n) is 2.85. The second kappa shape index (κ2) is 8.08. The van der Waals surface area contributed by atoms with Crippen LogP contribution in [0.15, 0.2) is 53.4 Å². The molecule has 1 amide bonds. The molecule has 0 atom stereocenters. The fourth-order valence-corrected chi connectivity index (χ4v) is 4.32. The molecular formula is C19H23N3O4S. The predicted octanol–water partition coefficient (Wildman–Crippen LogP) is 1.88. The number of piperazine rings is 1. The van der Waals surface area contributed by atoms with Crippen molar-refractivity contribution in [2.75, 3.05) is 45.7 Å². The van der Waals surface area contributed by atoms with Crippen molar-refractivity contribution in [2.24, 2.45) is 0 Å². The summed E-state index contributed by atoms with van der Waals surface area (Å²) in [5, 5.41) is 2.76. The molecule has 0 aromatic heterocycles. The van der Waals surface area contributed by atoms with Gasteiger partial charge in [-0.15, -0.1) is 0 Å². The first kappa shape index (κ1) is 19.3. The lowest BCUT2D eigenvalue weighted by Crippen LogP contribution is -2.47. The first-order valence-electron chi connectivity index (χ1n) is 8.64. The first-order valence-corrected chi connectivity index (χ1v) is 10.1. The number of methoxy groups -OCH3 is 1. The topological polar surface area (TPSA) is 78.9 Å². The van der Waals surface area contributed by atoms with Crippen LogP contribution in [0.4, 0.5) is 5.69 Å². The third-order valence-corrected chi connectivity index (χ3v) is 6.44. The minimum atomic E-state index is -3.61. The number of amides is 1. The molecule has 7 nitrogen and oxygen atoms in total. The second-order valence-electron chi connectivity index (χ2n) is 6.42. The Labute approximate surface area is 159 Å². The molecule has 27 heavy (non-hydrogen) atoms. The van der Waals surface area contributed by atoms with Crippen LogP contribution < -0.4 is 10.1 Å². The molecule has 8 heteroatoms. The van der Waals surface area contributed by atoms with Gasteiger partial charge >= 0.3 is 0 Å². The number of sulfonamides is 1. The molecule has 0 radical (unpaired) electrons. The van der Waals surface area contributed by atoms with E-state index >= 15 is 0 Å². The molecule has 1 aliphatic heterocycles. The van der Waals surface area contributed by atoms with Gasteiger partial charge in [-0.3, -0.25) is 4.79 Å². The maximum atomic E-state index is 12.9. The van der Waals surface area contributed by atoms with E-state index in [2.05, 4.69) is 10.2 Å². The van der Waals surface area contributed by atoms with Crippen molar-refractivity contribution in [1.29, 1.82) is 0 Å². The number of carbonyl (C=O) groups excluding carboxylic acids is 1. The van der Waals surface area contributed by atoms with Crippen LogP contribution in [0.5, 0.6) is 5.75 Å². The summed E-state index contributed by atoms with van der Waals surface area (Å²) in [7, 11) is -0.0775. The number of ether oxygens (including phenoxy) is 1. The molecule has 1 saturated heterocycles. The van der Waals surface area contributed by atoms with E-state index in [1.54, 1.807) is 43.5 Å².